The predicted octanol–water partition coefficient (Wildman–Crippen LogP) is 2.25. The Kier molecular flexibility index (Phi) is 5.14. The molecule has 130 valence electrons. The fraction of sp³-hybridized carbons (Fsp3) is 0.529. The van der Waals surface area contributed by atoms with Crippen molar-refractivity contribution in [2.75, 3.05) is 19.6 Å². The van der Waals surface area contributed by atoms with E-state index in [9.17, 15) is 9.59 Å². The number of hydrogen-bond donors (Lipinski definition) is 1. The minimum absolute atomic E-state index is 0.0104. The summed E-state index contributed by atoms with van der Waals surface area (Å²) in [6.45, 7) is 1.85. The van der Waals surface area contributed by atoms with E-state index in [1.807, 2.05) is 17.0 Å². The first kappa shape index (κ1) is 16.9. The van der Waals surface area contributed by atoms with E-state index in [4.69, 9.17) is 22.1 Å². The van der Waals surface area contributed by atoms with Crippen LogP contribution in [0.15, 0.2) is 24.3 Å². The first-order valence-corrected chi connectivity index (χ1v) is 8.69. The third-order valence-electron chi connectivity index (χ3n) is 4.69. The van der Waals surface area contributed by atoms with Gasteiger partial charge in [-0.3, -0.25) is 4.79 Å². The van der Waals surface area contributed by atoms with Crippen molar-refractivity contribution in [2.24, 2.45) is 5.73 Å². The third kappa shape index (κ3) is 3.75. The molecule has 1 aromatic carbocycles. The number of nitrogens with two attached hydrogens (primary N) is 1. The van der Waals surface area contributed by atoms with Gasteiger partial charge < -0.3 is 20.3 Å². The van der Waals surface area contributed by atoms with Crippen LogP contribution in [-0.2, 0) is 4.79 Å². The molecule has 2 saturated heterocycles. The lowest BCUT2D eigenvalue weighted by Crippen LogP contribution is -2.52. The third-order valence-corrected chi connectivity index (χ3v) is 4.94. The van der Waals surface area contributed by atoms with Crippen LogP contribution in [0.5, 0.6) is 5.75 Å². The van der Waals surface area contributed by atoms with Crippen LogP contribution in [0.2, 0.25) is 5.02 Å². The number of piperidine rings is 1. The number of urea groups is 1. The van der Waals surface area contributed by atoms with Gasteiger partial charge in [0.15, 0.2) is 0 Å². The molecule has 2 fully saturated rings. The van der Waals surface area contributed by atoms with Crippen molar-refractivity contribution in [1.82, 2.24) is 9.80 Å². The van der Waals surface area contributed by atoms with Crippen LogP contribution in [0, 0.1) is 0 Å². The van der Waals surface area contributed by atoms with Crippen molar-refractivity contribution in [3.05, 3.63) is 29.3 Å². The summed E-state index contributed by atoms with van der Waals surface area (Å²) in [5.41, 5.74) is 5.36. The van der Waals surface area contributed by atoms with Gasteiger partial charge in [-0.05, 0) is 37.1 Å². The molecular weight excluding hydrogens is 330 g/mol. The highest BCUT2D eigenvalue weighted by atomic mass is 35.5. The summed E-state index contributed by atoms with van der Waals surface area (Å²) >= 11 is 5.87. The molecule has 0 spiro atoms. The van der Waals surface area contributed by atoms with Crippen LogP contribution >= 0.6 is 11.6 Å². The monoisotopic (exact) mass is 351 g/mol. The second kappa shape index (κ2) is 7.30. The summed E-state index contributed by atoms with van der Waals surface area (Å²) in [4.78, 5) is 27.4. The van der Waals surface area contributed by atoms with Crippen LogP contribution < -0.4 is 10.5 Å². The Bertz CT molecular complexity index is 600. The van der Waals surface area contributed by atoms with Gasteiger partial charge in [0.05, 0.1) is 0 Å². The number of carbonyl (C=O) groups is 2. The Morgan fingerprint density at radius 3 is 2.38 bits per heavy atom. The Hall–Kier alpha value is -1.95. The van der Waals surface area contributed by atoms with Crippen LogP contribution in [0.25, 0.3) is 0 Å². The highest BCUT2D eigenvalue weighted by molar-refractivity contribution is 6.30. The van der Waals surface area contributed by atoms with Gasteiger partial charge in [-0.25, -0.2) is 4.79 Å². The molecule has 2 heterocycles. The SMILES string of the molecule is NC(=O)N1CCC[C@H]1C(=O)N1CCC(Oc2ccc(Cl)cc2)CC1. The van der Waals surface area contributed by atoms with Gasteiger partial charge in [-0.15, -0.1) is 0 Å². The van der Waals surface area contributed by atoms with E-state index in [0.29, 0.717) is 31.1 Å². The molecule has 7 heteroatoms. The Balaban J connectivity index is 1.52. The average Bonchev–Trinajstić information content (AvgIpc) is 3.07. The van der Waals surface area contributed by atoms with Crippen molar-refractivity contribution in [3.63, 3.8) is 0 Å². The lowest BCUT2D eigenvalue weighted by Gasteiger charge is -2.35. The molecular formula is C17H22ClN3O3. The summed E-state index contributed by atoms with van der Waals surface area (Å²) in [5.74, 6) is 0.802. The quantitative estimate of drug-likeness (QED) is 0.907. The predicted molar refractivity (Wildman–Crippen MR) is 91.0 cm³/mol. The summed E-state index contributed by atoms with van der Waals surface area (Å²) in [6.07, 6.45) is 3.17. The molecule has 0 unspecified atom stereocenters. The molecule has 3 rings (SSSR count). The standard InChI is InChI=1S/C17H22ClN3O3/c18-12-3-5-13(6-4-12)24-14-7-10-20(11-8-14)16(22)15-2-1-9-21(15)17(19)23/h3-6,14-15H,1-2,7-11H2,(H2,19,23)/t15-/m0/s1. The van der Waals surface area contributed by atoms with Gasteiger partial charge in [0.25, 0.3) is 0 Å². The van der Waals surface area contributed by atoms with Gasteiger partial charge >= 0.3 is 6.03 Å². The smallest absolute Gasteiger partial charge is 0.315 e. The number of nitrogens with zero attached hydrogens (tertiary/aromatic N) is 2. The van der Waals surface area contributed by atoms with Gasteiger partial charge in [-0.1, -0.05) is 11.6 Å². The average molecular weight is 352 g/mol. The number of likely N-dealkylation sites (tertiary alicyclic amines) is 2. The first-order valence-electron chi connectivity index (χ1n) is 8.31. The number of hydrogen-bond acceptors (Lipinski definition) is 3. The van der Waals surface area contributed by atoms with Crippen LogP contribution in [0.3, 0.4) is 0 Å². The van der Waals surface area contributed by atoms with Gasteiger partial charge in [0.1, 0.15) is 17.9 Å². The van der Waals surface area contributed by atoms with E-state index < -0.39 is 12.1 Å². The van der Waals surface area contributed by atoms with Crippen molar-refractivity contribution in [1.29, 1.82) is 0 Å². The number of rotatable bonds is 3. The number of carbonyl (C=O) groups excluding carboxylic acids is 2. The fourth-order valence-electron chi connectivity index (χ4n) is 3.40. The summed E-state index contributed by atoms with van der Waals surface area (Å²) in [6, 6.07) is 6.40. The lowest BCUT2D eigenvalue weighted by molar-refractivity contribution is -0.136. The molecule has 2 aliphatic rings. The molecule has 0 saturated carbocycles. The minimum Gasteiger partial charge on any atom is -0.490 e. The topological polar surface area (TPSA) is 75.9 Å². The number of halogens is 1. The van der Waals surface area contributed by atoms with Gasteiger partial charge in [0, 0.05) is 37.5 Å². The zero-order valence-corrected chi connectivity index (χ0v) is 14.2. The number of primary amides is 1. The van der Waals surface area contributed by atoms with E-state index in [1.165, 1.54) is 4.90 Å². The molecule has 6 nitrogen and oxygen atoms in total. The lowest BCUT2D eigenvalue weighted by atomic mass is 10.1. The van der Waals surface area contributed by atoms with Crippen LogP contribution in [-0.4, -0.2) is 53.5 Å². The van der Waals surface area contributed by atoms with Crippen LogP contribution in [0.1, 0.15) is 25.7 Å². The van der Waals surface area contributed by atoms with E-state index >= 15 is 0 Å². The minimum atomic E-state index is -0.508. The van der Waals surface area contributed by atoms with Crippen molar-refractivity contribution < 1.29 is 14.3 Å². The van der Waals surface area contributed by atoms with Crippen molar-refractivity contribution in [2.45, 2.75) is 37.8 Å². The zero-order chi connectivity index (χ0) is 17.1. The maximum absolute atomic E-state index is 12.6. The maximum Gasteiger partial charge on any atom is 0.315 e. The molecule has 2 aliphatic heterocycles. The molecule has 0 radical (unpaired) electrons. The molecule has 3 amide bonds. The summed E-state index contributed by atoms with van der Waals surface area (Å²) in [5, 5.41) is 0.679. The van der Waals surface area contributed by atoms with Crippen LogP contribution in [0.4, 0.5) is 4.79 Å². The Labute approximate surface area is 146 Å². The Morgan fingerprint density at radius 2 is 1.75 bits per heavy atom. The number of benzene rings is 1. The van der Waals surface area contributed by atoms with E-state index in [1.54, 1.807) is 12.1 Å². The summed E-state index contributed by atoms with van der Waals surface area (Å²) in [7, 11) is 0. The highest BCUT2D eigenvalue weighted by Crippen LogP contribution is 2.24. The number of amides is 3. The van der Waals surface area contributed by atoms with E-state index in [-0.39, 0.29) is 12.0 Å². The molecule has 1 atom stereocenters. The highest BCUT2D eigenvalue weighted by Gasteiger charge is 2.36. The molecule has 0 bridgehead atoms. The molecule has 24 heavy (non-hydrogen) atoms. The second-order valence-corrected chi connectivity index (χ2v) is 6.72. The normalized spacial score (nSPS) is 21.8. The van der Waals surface area contributed by atoms with E-state index in [2.05, 4.69) is 0 Å². The van der Waals surface area contributed by atoms with Crippen molar-refractivity contribution >= 4 is 23.5 Å². The van der Waals surface area contributed by atoms with Gasteiger partial charge in [-0.2, -0.15) is 0 Å². The molecule has 0 aromatic heterocycles. The Morgan fingerprint density at radius 1 is 1.08 bits per heavy atom. The summed E-state index contributed by atoms with van der Waals surface area (Å²) < 4.78 is 5.94. The van der Waals surface area contributed by atoms with Crippen molar-refractivity contribution in [3.8, 4) is 5.75 Å². The maximum atomic E-state index is 12.6. The largest absolute Gasteiger partial charge is 0.490 e. The van der Waals surface area contributed by atoms with E-state index in [0.717, 1.165) is 25.0 Å². The van der Waals surface area contributed by atoms with Gasteiger partial charge in [0.2, 0.25) is 5.91 Å². The molecule has 2 N–H and O–H groups in total. The second-order valence-electron chi connectivity index (χ2n) is 6.29. The fourth-order valence-corrected chi connectivity index (χ4v) is 3.52. The zero-order valence-electron chi connectivity index (χ0n) is 13.5. The molecule has 1 aromatic rings. The first-order chi connectivity index (χ1) is 11.5. The molecule has 0 aliphatic carbocycles. The number of ether oxygens (including phenoxy) is 1.